The molecule has 1 atom stereocenters. The number of aromatic nitrogens is 1. The van der Waals surface area contributed by atoms with Crippen molar-refractivity contribution >= 4 is 27.8 Å². The van der Waals surface area contributed by atoms with E-state index in [9.17, 15) is 13.2 Å². The van der Waals surface area contributed by atoms with Crippen molar-refractivity contribution in [2.45, 2.75) is 12.2 Å². The zero-order valence-electron chi connectivity index (χ0n) is 10.9. The third kappa shape index (κ3) is 3.71. The van der Waals surface area contributed by atoms with E-state index in [4.69, 9.17) is 0 Å². The van der Waals surface area contributed by atoms with E-state index in [-0.39, 0.29) is 6.04 Å². The highest BCUT2D eigenvalue weighted by Crippen LogP contribution is 2.32. The first kappa shape index (κ1) is 15.3. The number of hydrogen-bond donors (Lipinski definition) is 1. The molecule has 1 N–H and O–H groups in total. The van der Waals surface area contributed by atoms with E-state index in [2.05, 4.69) is 10.3 Å². The summed E-state index contributed by atoms with van der Waals surface area (Å²) >= 11 is 2.60. The Bertz CT molecular complexity index is 534. The van der Waals surface area contributed by atoms with Crippen LogP contribution in [0.25, 0.3) is 0 Å². The van der Waals surface area contributed by atoms with Gasteiger partial charge in [0.1, 0.15) is 0 Å². The Morgan fingerprint density at radius 3 is 2.60 bits per heavy atom. The predicted octanol–water partition coefficient (Wildman–Crippen LogP) is 3.94. The molecule has 8 heteroatoms. The summed E-state index contributed by atoms with van der Waals surface area (Å²) in [7, 11) is 3.88. The van der Waals surface area contributed by atoms with Crippen molar-refractivity contribution in [3.8, 4) is 0 Å². The third-order valence-electron chi connectivity index (χ3n) is 2.74. The summed E-state index contributed by atoms with van der Waals surface area (Å²) in [5.74, 6) is 0. The van der Waals surface area contributed by atoms with Gasteiger partial charge in [-0.2, -0.15) is 13.2 Å². The fourth-order valence-electron chi connectivity index (χ4n) is 1.69. The minimum absolute atomic E-state index is 0.105. The van der Waals surface area contributed by atoms with E-state index in [0.717, 1.165) is 21.6 Å². The molecule has 110 valence electrons. The Labute approximate surface area is 123 Å². The number of rotatable bonds is 5. The zero-order chi connectivity index (χ0) is 14.8. The van der Waals surface area contributed by atoms with Gasteiger partial charge in [0, 0.05) is 16.8 Å². The van der Waals surface area contributed by atoms with Crippen molar-refractivity contribution in [3.63, 3.8) is 0 Å². The van der Waals surface area contributed by atoms with Crippen molar-refractivity contribution in [1.82, 2.24) is 9.88 Å². The van der Waals surface area contributed by atoms with Gasteiger partial charge in [-0.1, -0.05) is 6.07 Å². The van der Waals surface area contributed by atoms with Gasteiger partial charge >= 0.3 is 6.18 Å². The average molecular weight is 321 g/mol. The van der Waals surface area contributed by atoms with E-state index < -0.39 is 11.9 Å². The summed E-state index contributed by atoms with van der Waals surface area (Å²) in [5, 5.41) is 6.28. The maximum absolute atomic E-state index is 12.5. The van der Waals surface area contributed by atoms with Gasteiger partial charge in [-0.05, 0) is 25.5 Å². The Kier molecular flexibility index (Phi) is 4.66. The third-order valence-corrected chi connectivity index (χ3v) is 4.51. The highest BCUT2D eigenvalue weighted by molar-refractivity contribution is 7.13. The molecule has 0 aliphatic rings. The lowest BCUT2D eigenvalue weighted by atomic mass is 10.2. The van der Waals surface area contributed by atoms with Crippen LogP contribution in [0.1, 0.15) is 16.6 Å². The van der Waals surface area contributed by atoms with Crippen LogP contribution in [0.15, 0.2) is 22.9 Å². The van der Waals surface area contributed by atoms with Crippen LogP contribution >= 0.6 is 22.7 Å². The Morgan fingerprint density at radius 2 is 2.10 bits per heavy atom. The fraction of sp³-hybridized carbons (Fsp3) is 0.417. The van der Waals surface area contributed by atoms with Gasteiger partial charge in [-0.25, -0.2) is 4.98 Å². The lowest BCUT2D eigenvalue weighted by Gasteiger charge is -2.23. The van der Waals surface area contributed by atoms with Crippen LogP contribution in [-0.2, 0) is 6.18 Å². The normalized spacial score (nSPS) is 13.7. The summed E-state index contributed by atoms with van der Waals surface area (Å²) in [6.07, 6.45) is -4.38. The minimum Gasteiger partial charge on any atom is -0.360 e. The second-order valence-electron chi connectivity index (χ2n) is 4.41. The smallest absolute Gasteiger partial charge is 0.360 e. The molecule has 0 radical (unpaired) electrons. The van der Waals surface area contributed by atoms with Crippen LogP contribution in [0, 0.1) is 0 Å². The first-order valence-corrected chi connectivity index (χ1v) is 7.60. The summed E-state index contributed by atoms with van der Waals surface area (Å²) in [6.45, 7) is 0.512. The van der Waals surface area contributed by atoms with Gasteiger partial charge in [0.25, 0.3) is 0 Å². The lowest BCUT2D eigenvalue weighted by Crippen LogP contribution is -2.26. The lowest BCUT2D eigenvalue weighted by molar-refractivity contribution is -0.140. The van der Waals surface area contributed by atoms with Gasteiger partial charge in [-0.15, -0.1) is 22.7 Å². The number of thiophene rings is 1. The van der Waals surface area contributed by atoms with Crippen molar-refractivity contribution in [2.75, 3.05) is 26.0 Å². The standard InChI is InChI=1S/C12H14F3N3S2/c1-18(2)8(9-4-3-5-19-9)6-16-11-17-10(7-20-11)12(13,14)15/h3-5,7-8H,6H2,1-2H3,(H,16,17)/t8-/m1/s1. The van der Waals surface area contributed by atoms with Crippen LogP contribution in [0.5, 0.6) is 0 Å². The van der Waals surface area contributed by atoms with Gasteiger partial charge in [-0.3, -0.25) is 0 Å². The molecule has 2 rings (SSSR count). The molecule has 3 nitrogen and oxygen atoms in total. The number of likely N-dealkylation sites (N-methyl/N-ethyl adjacent to an activating group) is 1. The molecule has 0 aromatic carbocycles. The molecule has 0 amide bonds. The summed E-state index contributed by atoms with van der Waals surface area (Å²) in [4.78, 5) is 6.75. The highest BCUT2D eigenvalue weighted by atomic mass is 32.1. The number of hydrogen-bond acceptors (Lipinski definition) is 5. The van der Waals surface area contributed by atoms with Gasteiger partial charge in [0.05, 0.1) is 6.04 Å². The quantitative estimate of drug-likeness (QED) is 0.904. The van der Waals surface area contributed by atoms with Crippen molar-refractivity contribution in [1.29, 1.82) is 0 Å². The van der Waals surface area contributed by atoms with E-state index in [1.807, 2.05) is 36.5 Å². The van der Waals surface area contributed by atoms with Gasteiger partial charge in [0.2, 0.25) is 0 Å². The molecule has 0 aliphatic heterocycles. The molecule has 0 fully saturated rings. The van der Waals surface area contributed by atoms with Crippen LogP contribution in [0.4, 0.5) is 18.3 Å². The van der Waals surface area contributed by atoms with Crippen LogP contribution < -0.4 is 5.32 Å². The van der Waals surface area contributed by atoms with E-state index >= 15 is 0 Å². The molecule has 0 saturated carbocycles. The maximum Gasteiger partial charge on any atom is 0.434 e. The average Bonchev–Trinajstić information content (AvgIpc) is 2.97. The molecular formula is C12H14F3N3S2. The Hall–Kier alpha value is -1.12. The molecule has 2 aromatic heterocycles. The van der Waals surface area contributed by atoms with E-state index in [1.54, 1.807) is 11.3 Å². The van der Waals surface area contributed by atoms with E-state index in [1.165, 1.54) is 0 Å². The number of thiazole rings is 1. The first-order chi connectivity index (χ1) is 9.38. The Balaban J connectivity index is 2.01. The first-order valence-electron chi connectivity index (χ1n) is 5.84. The Morgan fingerprint density at radius 1 is 1.35 bits per heavy atom. The second kappa shape index (κ2) is 6.11. The van der Waals surface area contributed by atoms with E-state index in [0.29, 0.717) is 11.7 Å². The monoisotopic (exact) mass is 321 g/mol. The van der Waals surface area contributed by atoms with Crippen molar-refractivity contribution < 1.29 is 13.2 Å². The molecule has 2 aromatic rings. The fourth-order valence-corrected chi connectivity index (χ4v) is 3.34. The molecule has 2 heterocycles. The van der Waals surface area contributed by atoms with Crippen molar-refractivity contribution in [3.05, 3.63) is 33.5 Å². The van der Waals surface area contributed by atoms with Crippen LogP contribution in [0.3, 0.4) is 0 Å². The molecule has 20 heavy (non-hydrogen) atoms. The number of nitrogens with zero attached hydrogens (tertiary/aromatic N) is 2. The summed E-state index contributed by atoms with van der Waals surface area (Å²) in [5.41, 5.74) is -0.845. The van der Waals surface area contributed by atoms with Crippen molar-refractivity contribution in [2.24, 2.45) is 0 Å². The number of anilines is 1. The van der Waals surface area contributed by atoms with Crippen LogP contribution in [-0.4, -0.2) is 30.5 Å². The number of nitrogens with one attached hydrogen (secondary N) is 1. The molecule has 0 aliphatic carbocycles. The molecular weight excluding hydrogens is 307 g/mol. The topological polar surface area (TPSA) is 28.2 Å². The SMILES string of the molecule is CN(C)[C@H](CNc1nc(C(F)(F)F)cs1)c1cccs1. The molecule has 0 saturated heterocycles. The maximum atomic E-state index is 12.5. The van der Waals surface area contributed by atoms with Gasteiger partial charge in [0.15, 0.2) is 10.8 Å². The second-order valence-corrected chi connectivity index (χ2v) is 6.25. The summed E-state index contributed by atoms with van der Waals surface area (Å²) in [6, 6.07) is 4.08. The zero-order valence-corrected chi connectivity index (χ0v) is 12.6. The molecule has 0 bridgehead atoms. The molecule has 0 spiro atoms. The number of halogens is 3. The minimum atomic E-state index is -4.38. The van der Waals surface area contributed by atoms with Gasteiger partial charge < -0.3 is 10.2 Å². The largest absolute Gasteiger partial charge is 0.434 e. The number of alkyl halides is 3. The summed E-state index contributed by atoms with van der Waals surface area (Å²) < 4.78 is 37.4. The molecule has 0 unspecified atom stereocenters. The highest BCUT2D eigenvalue weighted by Gasteiger charge is 2.33. The van der Waals surface area contributed by atoms with Crippen LogP contribution in [0.2, 0.25) is 0 Å². The predicted molar refractivity (Wildman–Crippen MR) is 76.4 cm³/mol.